The Balaban J connectivity index is 2.15. The first kappa shape index (κ1) is 18.4. The van der Waals surface area contributed by atoms with Crippen LogP contribution in [0.15, 0.2) is 69.5 Å². The van der Waals surface area contributed by atoms with Crippen molar-refractivity contribution in [3.63, 3.8) is 0 Å². The van der Waals surface area contributed by atoms with Crippen molar-refractivity contribution in [2.24, 2.45) is 0 Å². The van der Waals surface area contributed by atoms with Gasteiger partial charge in [-0.15, -0.1) is 0 Å². The highest BCUT2D eigenvalue weighted by Crippen LogP contribution is 2.42. The highest BCUT2D eigenvalue weighted by atomic mass is 32.1. The van der Waals surface area contributed by atoms with Gasteiger partial charge in [-0.25, -0.2) is 4.79 Å². The van der Waals surface area contributed by atoms with Crippen LogP contribution in [0, 0.1) is 0 Å². The second-order valence-corrected chi connectivity index (χ2v) is 6.52. The van der Waals surface area contributed by atoms with Crippen molar-refractivity contribution in [3.8, 4) is 28.2 Å². The average molecular weight is 400 g/mol. The number of benzene rings is 3. The second-order valence-electron chi connectivity index (χ2n) is 6.32. The zero-order chi connectivity index (χ0) is 20.5. The van der Waals surface area contributed by atoms with Gasteiger partial charge >= 0.3 is 5.97 Å². The summed E-state index contributed by atoms with van der Waals surface area (Å²) in [6, 6.07) is 13.9. The Morgan fingerprint density at radius 2 is 1.83 bits per heavy atom. The summed E-state index contributed by atoms with van der Waals surface area (Å²) in [5.41, 5.74) is 5.05. The fourth-order valence-corrected chi connectivity index (χ4v) is 3.37. The molecule has 0 spiro atoms. The number of carboxylic acids is 1. The number of carboxylic acid groups (broad SMARTS) is 1. The average Bonchev–Trinajstić information content (AvgIpc) is 2.70. The van der Waals surface area contributed by atoms with E-state index in [4.69, 9.17) is 4.42 Å². The van der Waals surface area contributed by atoms with Gasteiger partial charge in [-0.2, -0.15) is 0 Å². The van der Waals surface area contributed by atoms with Crippen LogP contribution < -0.4 is 5.43 Å². The third kappa shape index (κ3) is 3.35. The van der Waals surface area contributed by atoms with Crippen LogP contribution in [-0.2, 0) is 0 Å². The zero-order valence-corrected chi connectivity index (χ0v) is 15.6. The lowest BCUT2D eigenvalue weighted by Crippen LogP contribution is -2.04. The van der Waals surface area contributed by atoms with Crippen LogP contribution >= 0.6 is 12.2 Å². The number of hydrogen-bond donors (Lipinski definition) is 2. The number of aromatic hydroxyl groups is 1. The Morgan fingerprint density at radius 3 is 2.59 bits per heavy atom. The summed E-state index contributed by atoms with van der Waals surface area (Å²) >= 11 is 4.60. The monoisotopic (exact) mass is 400 g/mol. The van der Waals surface area contributed by atoms with E-state index in [0.717, 1.165) is 0 Å². The molecule has 0 atom stereocenters. The van der Waals surface area contributed by atoms with E-state index in [1.807, 2.05) is 0 Å². The Bertz CT molecular complexity index is 1400. The van der Waals surface area contributed by atoms with E-state index in [-0.39, 0.29) is 16.7 Å². The third-order valence-electron chi connectivity index (χ3n) is 4.52. The summed E-state index contributed by atoms with van der Waals surface area (Å²) < 4.78 is 5.80. The van der Waals surface area contributed by atoms with Crippen LogP contribution in [-0.4, -0.2) is 21.2 Å². The van der Waals surface area contributed by atoms with Gasteiger partial charge in [0.15, 0.2) is 5.43 Å². The molecule has 1 aliphatic carbocycles. The van der Waals surface area contributed by atoms with Crippen LogP contribution in [0.3, 0.4) is 0 Å². The maximum atomic E-state index is 12.0. The van der Waals surface area contributed by atoms with E-state index in [2.05, 4.69) is 23.0 Å². The van der Waals surface area contributed by atoms with Crippen LogP contribution in [0.5, 0.6) is 5.75 Å². The molecule has 0 saturated heterocycles. The van der Waals surface area contributed by atoms with E-state index >= 15 is 0 Å². The van der Waals surface area contributed by atoms with Gasteiger partial charge in [0.2, 0.25) is 0 Å². The van der Waals surface area contributed by atoms with Gasteiger partial charge < -0.3 is 14.6 Å². The van der Waals surface area contributed by atoms with Gasteiger partial charge in [0.1, 0.15) is 17.1 Å². The van der Waals surface area contributed by atoms with E-state index in [9.17, 15) is 19.8 Å². The maximum absolute atomic E-state index is 12.0. The normalized spacial score (nSPS) is 10.5. The molecular formula is C23H12O5S. The molecule has 0 amide bonds. The summed E-state index contributed by atoms with van der Waals surface area (Å²) in [6.45, 7) is 0. The van der Waals surface area contributed by atoms with Crippen LogP contribution in [0.4, 0.5) is 0 Å². The fraction of sp³-hybridized carbons (Fsp3) is 0. The molecule has 0 unspecified atom stereocenters. The highest BCUT2D eigenvalue weighted by Gasteiger charge is 2.22. The number of phenolic OH excluding ortho intramolecular Hbond substituents is 1. The first-order valence-electron chi connectivity index (χ1n) is 8.51. The Labute approximate surface area is 169 Å². The topological polar surface area (TPSA) is 87.7 Å². The standard InChI is InChI=1S/C23H12O5S/c24-14-4-7-17-20(11-14)28-21-12-15(25)5-8-18(21)22(17)16-6-3-13(2-1-9-29)10-19(16)23(26)27/h2-8,10-12,24H,(H,26,27). The van der Waals surface area contributed by atoms with E-state index in [0.29, 0.717) is 39.0 Å². The number of phenols is 1. The molecule has 0 fully saturated rings. The minimum Gasteiger partial charge on any atom is -0.508 e. The van der Waals surface area contributed by atoms with Crippen molar-refractivity contribution in [3.05, 3.63) is 81.7 Å². The Hall–Kier alpha value is -3.95. The molecule has 5 nitrogen and oxygen atoms in total. The number of rotatable bonds is 3. The minimum atomic E-state index is -1.11. The number of carbonyl (C=O) groups is 1. The molecule has 0 saturated carbocycles. The molecule has 140 valence electrons. The van der Waals surface area contributed by atoms with Crippen molar-refractivity contribution in [2.75, 3.05) is 0 Å². The molecule has 29 heavy (non-hydrogen) atoms. The minimum absolute atomic E-state index is 0.00396. The number of aromatic carboxylic acids is 1. The van der Waals surface area contributed by atoms with Crippen LogP contribution in [0.2, 0.25) is 0 Å². The molecule has 2 aromatic rings. The van der Waals surface area contributed by atoms with Crippen molar-refractivity contribution in [2.45, 2.75) is 0 Å². The first-order chi connectivity index (χ1) is 14.0. The predicted octanol–water partition coefficient (Wildman–Crippen LogP) is 4.74. The summed E-state index contributed by atoms with van der Waals surface area (Å²) in [7, 11) is 0. The molecule has 4 rings (SSSR count). The third-order valence-corrected chi connectivity index (χ3v) is 4.64. The van der Waals surface area contributed by atoms with Crippen molar-refractivity contribution in [1.82, 2.24) is 0 Å². The van der Waals surface area contributed by atoms with E-state index < -0.39 is 5.97 Å². The van der Waals surface area contributed by atoms with Gasteiger partial charge in [-0.3, -0.25) is 4.79 Å². The second kappa shape index (κ2) is 7.23. The predicted molar refractivity (Wildman–Crippen MR) is 114 cm³/mol. The molecule has 1 aliphatic heterocycles. The summed E-state index contributed by atoms with van der Waals surface area (Å²) in [5.74, 6) is -0.812. The Kier molecular flexibility index (Phi) is 4.59. The SMILES string of the molecule is O=C(O)c1cc(C=C=C=S)ccc1-c1c2ccc(=O)cc-2oc2cc(O)ccc12. The van der Waals surface area contributed by atoms with Gasteiger partial charge in [0.05, 0.1) is 5.56 Å². The van der Waals surface area contributed by atoms with Gasteiger partial charge in [0.25, 0.3) is 0 Å². The molecule has 2 aliphatic rings. The smallest absolute Gasteiger partial charge is 0.336 e. The summed E-state index contributed by atoms with van der Waals surface area (Å²) in [6.07, 6.45) is 1.54. The van der Waals surface area contributed by atoms with Gasteiger partial charge in [-0.05, 0) is 59.8 Å². The zero-order valence-electron chi connectivity index (χ0n) is 14.8. The van der Waals surface area contributed by atoms with Crippen molar-refractivity contribution >= 4 is 40.3 Å². The molecule has 6 heteroatoms. The summed E-state index contributed by atoms with van der Waals surface area (Å²) in [4.78, 5) is 23.8. The van der Waals surface area contributed by atoms with Crippen LogP contribution in [0.25, 0.3) is 39.5 Å². The van der Waals surface area contributed by atoms with E-state index in [1.54, 1.807) is 30.3 Å². The molecule has 2 N–H and O–H groups in total. The lowest BCUT2D eigenvalue weighted by atomic mass is 9.90. The molecule has 0 radical (unpaired) electrons. The number of thiocarbonyl (C=S) groups is 1. The lowest BCUT2D eigenvalue weighted by molar-refractivity contribution is 0.0697. The fourth-order valence-electron chi connectivity index (χ4n) is 3.31. The molecule has 2 aromatic carbocycles. The molecule has 0 bridgehead atoms. The van der Waals surface area contributed by atoms with Crippen molar-refractivity contribution < 1.29 is 19.4 Å². The summed E-state index contributed by atoms with van der Waals surface area (Å²) in [5, 5.41) is 22.6. The van der Waals surface area contributed by atoms with Crippen LogP contribution in [0.1, 0.15) is 15.9 Å². The first-order valence-corrected chi connectivity index (χ1v) is 8.92. The van der Waals surface area contributed by atoms with Gasteiger partial charge in [-0.1, -0.05) is 17.9 Å². The molecule has 1 heterocycles. The highest BCUT2D eigenvalue weighted by molar-refractivity contribution is 7.78. The largest absolute Gasteiger partial charge is 0.508 e. The maximum Gasteiger partial charge on any atom is 0.336 e. The number of hydrogen-bond acceptors (Lipinski definition) is 5. The Morgan fingerprint density at radius 1 is 1.03 bits per heavy atom. The lowest BCUT2D eigenvalue weighted by Gasteiger charge is -2.17. The van der Waals surface area contributed by atoms with E-state index in [1.165, 1.54) is 30.3 Å². The quantitative estimate of drug-likeness (QED) is 0.294. The molecule has 0 aromatic heterocycles. The van der Waals surface area contributed by atoms with Crippen molar-refractivity contribution in [1.29, 1.82) is 0 Å². The molecular weight excluding hydrogens is 388 g/mol. The number of fused-ring (bicyclic) bond motifs is 2. The van der Waals surface area contributed by atoms with Gasteiger partial charge in [0, 0.05) is 33.7 Å².